The SMILES string of the molecule is CN(C)c1cc(N2CCCNCC2)ncn1. The predicted octanol–water partition coefficient (Wildman–Crippen LogP) is 0.342. The monoisotopic (exact) mass is 221 g/mol. The summed E-state index contributed by atoms with van der Waals surface area (Å²) in [5, 5.41) is 3.39. The van der Waals surface area contributed by atoms with Crippen molar-refractivity contribution in [3.63, 3.8) is 0 Å². The first-order chi connectivity index (χ1) is 7.77. The molecule has 0 aromatic carbocycles. The molecule has 0 bridgehead atoms. The molecule has 1 aliphatic heterocycles. The van der Waals surface area contributed by atoms with E-state index in [-0.39, 0.29) is 0 Å². The summed E-state index contributed by atoms with van der Waals surface area (Å²) in [6, 6.07) is 2.05. The highest BCUT2D eigenvalue weighted by Crippen LogP contribution is 2.16. The maximum atomic E-state index is 4.35. The quantitative estimate of drug-likeness (QED) is 0.780. The third-order valence-corrected chi connectivity index (χ3v) is 2.76. The summed E-state index contributed by atoms with van der Waals surface area (Å²) in [7, 11) is 3.99. The molecule has 0 amide bonds. The number of hydrogen-bond acceptors (Lipinski definition) is 5. The molecule has 0 aliphatic carbocycles. The zero-order valence-corrected chi connectivity index (χ0v) is 9.98. The largest absolute Gasteiger partial charge is 0.363 e. The number of nitrogens with zero attached hydrogens (tertiary/aromatic N) is 4. The molecule has 5 heteroatoms. The standard InChI is InChI=1S/C11H19N5/c1-15(2)10-8-11(14-9-13-10)16-6-3-4-12-5-7-16/h8-9,12H,3-7H2,1-2H3. The van der Waals surface area contributed by atoms with Crippen molar-refractivity contribution >= 4 is 11.6 Å². The minimum absolute atomic E-state index is 0.960. The average Bonchev–Trinajstić information content (AvgIpc) is 2.57. The molecule has 1 fully saturated rings. The van der Waals surface area contributed by atoms with Crippen LogP contribution in [0.25, 0.3) is 0 Å². The van der Waals surface area contributed by atoms with Crippen LogP contribution in [0.15, 0.2) is 12.4 Å². The van der Waals surface area contributed by atoms with Crippen molar-refractivity contribution in [2.24, 2.45) is 0 Å². The molecular formula is C11H19N5. The minimum Gasteiger partial charge on any atom is -0.363 e. The van der Waals surface area contributed by atoms with Gasteiger partial charge in [-0.25, -0.2) is 9.97 Å². The number of aromatic nitrogens is 2. The smallest absolute Gasteiger partial charge is 0.134 e. The van der Waals surface area contributed by atoms with E-state index in [4.69, 9.17) is 0 Å². The average molecular weight is 221 g/mol. The van der Waals surface area contributed by atoms with Gasteiger partial charge >= 0.3 is 0 Å². The molecule has 2 heterocycles. The normalized spacial score (nSPS) is 17.0. The Labute approximate surface area is 96.5 Å². The first-order valence-corrected chi connectivity index (χ1v) is 5.72. The molecule has 0 radical (unpaired) electrons. The van der Waals surface area contributed by atoms with Crippen LogP contribution in [0.3, 0.4) is 0 Å². The van der Waals surface area contributed by atoms with E-state index in [1.54, 1.807) is 6.33 Å². The minimum atomic E-state index is 0.960. The lowest BCUT2D eigenvalue weighted by Crippen LogP contribution is -2.28. The fourth-order valence-corrected chi connectivity index (χ4v) is 1.83. The van der Waals surface area contributed by atoms with Gasteiger partial charge in [0.25, 0.3) is 0 Å². The van der Waals surface area contributed by atoms with Crippen molar-refractivity contribution in [3.8, 4) is 0 Å². The van der Waals surface area contributed by atoms with Crippen LogP contribution in [-0.4, -0.2) is 50.2 Å². The van der Waals surface area contributed by atoms with Crippen molar-refractivity contribution in [1.82, 2.24) is 15.3 Å². The summed E-state index contributed by atoms with van der Waals surface area (Å²) >= 11 is 0. The number of hydrogen-bond donors (Lipinski definition) is 1. The second kappa shape index (κ2) is 5.12. The molecule has 0 spiro atoms. The second-order valence-electron chi connectivity index (χ2n) is 4.22. The van der Waals surface area contributed by atoms with Gasteiger partial charge in [0.05, 0.1) is 0 Å². The van der Waals surface area contributed by atoms with Crippen molar-refractivity contribution in [2.75, 3.05) is 50.1 Å². The predicted molar refractivity (Wildman–Crippen MR) is 66.1 cm³/mol. The maximum absolute atomic E-state index is 4.35. The summed E-state index contributed by atoms with van der Waals surface area (Å²) in [6.45, 7) is 4.21. The molecule has 1 aliphatic rings. The fraction of sp³-hybridized carbons (Fsp3) is 0.636. The Morgan fingerprint density at radius 1 is 1.25 bits per heavy atom. The first-order valence-electron chi connectivity index (χ1n) is 5.72. The van der Waals surface area contributed by atoms with Crippen LogP contribution in [0.4, 0.5) is 11.6 Å². The van der Waals surface area contributed by atoms with E-state index in [1.807, 2.05) is 25.1 Å². The van der Waals surface area contributed by atoms with Gasteiger partial charge in [0.2, 0.25) is 0 Å². The Bertz CT molecular complexity index is 331. The summed E-state index contributed by atoms with van der Waals surface area (Å²) in [4.78, 5) is 12.9. The maximum Gasteiger partial charge on any atom is 0.134 e. The van der Waals surface area contributed by atoms with Crippen LogP contribution in [0.2, 0.25) is 0 Å². The summed E-state index contributed by atoms with van der Waals surface area (Å²) < 4.78 is 0. The van der Waals surface area contributed by atoms with Gasteiger partial charge in [0.1, 0.15) is 18.0 Å². The second-order valence-corrected chi connectivity index (χ2v) is 4.22. The van der Waals surface area contributed by atoms with Crippen LogP contribution in [0, 0.1) is 0 Å². The molecular weight excluding hydrogens is 202 g/mol. The summed E-state index contributed by atoms with van der Waals surface area (Å²) in [5.74, 6) is 1.99. The van der Waals surface area contributed by atoms with Crippen LogP contribution < -0.4 is 15.1 Å². The van der Waals surface area contributed by atoms with E-state index in [9.17, 15) is 0 Å². The van der Waals surface area contributed by atoms with Gasteiger partial charge in [0.15, 0.2) is 0 Å². The van der Waals surface area contributed by atoms with Gasteiger partial charge in [-0.3, -0.25) is 0 Å². The molecule has 1 aromatic heterocycles. The van der Waals surface area contributed by atoms with Gasteiger partial charge in [-0.05, 0) is 13.0 Å². The number of nitrogens with one attached hydrogen (secondary N) is 1. The molecule has 1 N–H and O–H groups in total. The Balaban J connectivity index is 2.15. The molecule has 0 atom stereocenters. The molecule has 2 rings (SSSR count). The molecule has 1 aromatic rings. The van der Waals surface area contributed by atoms with E-state index >= 15 is 0 Å². The van der Waals surface area contributed by atoms with Gasteiger partial charge < -0.3 is 15.1 Å². The zero-order chi connectivity index (χ0) is 11.4. The van der Waals surface area contributed by atoms with Gasteiger partial charge in [0, 0.05) is 39.8 Å². The van der Waals surface area contributed by atoms with E-state index in [0.29, 0.717) is 0 Å². The van der Waals surface area contributed by atoms with Crippen molar-refractivity contribution in [1.29, 1.82) is 0 Å². The highest BCUT2D eigenvalue weighted by Gasteiger charge is 2.11. The molecule has 5 nitrogen and oxygen atoms in total. The van der Waals surface area contributed by atoms with Gasteiger partial charge in [-0.15, -0.1) is 0 Å². The lowest BCUT2D eigenvalue weighted by atomic mass is 10.3. The third-order valence-electron chi connectivity index (χ3n) is 2.76. The summed E-state index contributed by atoms with van der Waals surface area (Å²) in [5.41, 5.74) is 0. The highest BCUT2D eigenvalue weighted by atomic mass is 15.2. The highest BCUT2D eigenvalue weighted by molar-refractivity contribution is 5.49. The molecule has 16 heavy (non-hydrogen) atoms. The molecule has 1 saturated heterocycles. The molecule has 0 unspecified atom stereocenters. The first kappa shape index (κ1) is 11.1. The lowest BCUT2D eigenvalue weighted by Gasteiger charge is -2.22. The van der Waals surface area contributed by atoms with Crippen molar-refractivity contribution in [2.45, 2.75) is 6.42 Å². The Morgan fingerprint density at radius 2 is 2.12 bits per heavy atom. The Hall–Kier alpha value is -1.36. The van der Waals surface area contributed by atoms with E-state index in [2.05, 4.69) is 20.2 Å². The van der Waals surface area contributed by atoms with Crippen LogP contribution in [-0.2, 0) is 0 Å². The third kappa shape index (κ3) is 2.61. The fourth-order valence-electron chi connectivity index (χ4n) is 1.83. The van der Waals surface area contributed by atoms with Crippen LogP contribution in [0.5, 0.6) is 0 Å². The van der Waals surface area contributed by atoms with E-state index in [1.165, 1.54) is 6.42 Å². The van der Waals surface area contributed by atoms with Crippen LogP contribution >= 0.6 is 0 Å². The lowest BCUT2D eigenvalue weighted by molar-refractivity contribution is 0.724. The topological polar surface area (TPSA) is 44.3 Å². The Morgan fingerprint density at radius 3 is 2.94 bits per heavy atom. The zero-order valence-electron chi connectivity index (χ0n) is 9.98. The van der Waals surface area contributed by atoms with E-state index in [0.717, 1.165) is 37.8 Å². The van der Waals surface area contributed by atoms with Crippen molar-refractivity contribution in [3.05, 3.63) is 12.4 Å². The van der Waals surface area contributed by atoms with E-state index < -0.39 is 0 Å². The Kier molecular flexibility index (Phi) is 3.56. The molecule has 88 valence electrons. The number of anilines is 2. The molecule has 0 saturated carbocycles. The number of rotatable bonds is 2. The van der Waals surface area contributed by atoms with Gasteiger partial charge in [-0.2, -0.15) is 0 Å². The van der Waals surface area contributed by atoms with Crippen molar-refractivity contribution < 1.29 is 0 Å². The van der Waals surface area contributed by atoms with Gasteiger partial charge in [-0.1, -0.05) is 0 Å². The summed E-state index contributed by atoms with van der Waals surface area (Å²) in [6.07, 6.45) is 2.81. The van der Waals surface area contributed by atoms with Crippen LogP contribution in [0.1, 0.15) is 6.42 Å².